The van der Waals surface area contributed by atoms with Crippen LogP contribution in [-0.2, 0) is 9.47 Å². The molecule has 0 spiro atoms. The van der Waals surface area contributed by atoms with Crippen LogP contribution < -0.4 is 0 Å². The molecule has 0 amide bonds. The molecule has 14 heteroatoms. The van der Waals surface area contributed by atoms with Crippen LogP contribution in [0.4, 0.5) is 0 Å². The molecule has 10 unspecified atom stereocenters. The van der Waals surface area contributed by atoms with Crippen LogP contribution in [-0.4, -0.2) is 124 Å². The first-order valence-corrected chi connectivity index (χ1v) is 10.3. The van der Waals surface area contributed by atoms with Crippen molar-refractivity contribution >= 4 is 5.78 Å². The van der Waals surface area contributed by atoms with E-state index in [4.69, 9.17) is 9.47 Å². The molecule has 14 nitrogen and oxygen atoms in total. The maximum Gasteiger partial charge on any atom is 0.167 e. The van der Waals surface area contributed by atoms with Gasteiger partial charge in [0.1, 0.15) is 83.9 Å². The Balaban J connectivity index is 2.25. The molecular formula is C20H28O14. The third kappa shape index (κ3) is 4.11. The molecule has 0 bridgehead atoms. The van der Waals surface area contributed by atoms with Crippen LogP contribution in [0, 0.1) is 0 Å². The van der Waals surface area contributed by atoms with E-state index in [1.807, 2.05) is 0 Å². The largest absolute Gasteiger partial charge is 0.507 e. The Bertz CT molecular complexity index is 854. The van der Waals surface area contributed by atoms with Crippen molar-refractivity contribution in [2.45, 2.75) is 68.0 Å². The zero-order valence-corrected chi connectivity index (χ0v) is 17.8. The highest BCUT2D eigenvalue weighted by molar-refractivity contribution is 6.01. The Hall–Kier alpha value is -2.11. The lowest BCUT2D eigenvalue weighted by molar-refractivity contribution is -0.234. The van der Waals surface area contributed by atoms with E-state index in [2.05, 4.69) is 0 Å². The molecule has 1 aromatic rings. The van der Waals surface area contributed by atoms with Crippen LogP contribution in [0.3, 0.4) is 0 Å². The number of rotatable bonds is 5. The summed E-state index contributed by atoms with van der Waals surface area (Å²) in [4.78, 5) is 12.2. The smallest absolute Gasteiger partial charge is 0.167 e. The summed E-state index contributed by atoms with van der Waals surface area (Å²) >= 11 is 0. The average molecular weight is 492 g/mol. The van der Waals surface area contributed by atoms with Crippen LogP contribution in [0.2, 0.25) is 0 Å². The Kier molecular flexibility index (Phi) is 7.69. The first kappa shape index (κ1) is 26.5. The van der Waals surface area contributed by atoms with Crippen molar-refractivity contribution in [1.82, 2.24) is 0 Å². The first-order valence-electron chi connectivity index (χ1n) is 10.3. The Morgan fingerprint density at radius 2 is 1.00 bits per heavy atom. The fourth-order valence-electron chi connectivity index (χ4n) is 4.30. The van der Waals surface area contributed by atoms with Gasteiger partial charge in [-0.05, 0) is 6.92 Å². The van der Waals surface area contributed by atoms with E-state index in [1.54, 1.807) is 0 Å². The van der Waals surface area contributed by atoms with Gasteiger partial charge < -0.3 is 65.6 Å². The number of carbonyl (C=O) groups is 1. The third-order valence-corrected chi connectivity index (χ3v) is 6.20. The first-order chi connectivity index (χ1) is 15.9. The number of benzene rings is 1. The van der Waals surface area contributed by atoms with E-state index >= 15 is 0 Å². The Labute approximate surface area is 192 Å². The number of phenols is 3. The van der Waals surface area contributed by atoms with E-state index < -0.39 is 114 Å². The van der Waals surface area contributed by atoms with Crippen molar-refractivity contribution in [3.05, 3.63) is 16.7 Å². The summed E-state index contributed by atoms with van der Waals surface area (Å²) < 4.78 is 10.7. The van der Waals surface area contributed by atoms with E-state index in [-0.39, 0.29) is 0 Å². The topological polar surface area (TPSA) is 258 Å². The van der Waals surface area contributed by atoms with Gasteiger partial charge in [-0.3, -0.25) is 4.79 Å². The number of Topliss-reactive ketones (excluding diaryl/α,β-unsaturated/α-hetero) is 1. The minimum Gasteiger partial charge on any atom is -0.507 e. The number of hydrogen-bond donors (Lipinski definition) is 11. The van der Waals surface area contributed by atoms with Gasteiger partial charge in [0, 0.05) is 0 Å². The number of aromatic hydroxyl groups is 3. The predicted octanol–water partition coefficient (Wildman–Crippen LogP) is -3.96. The van der Waals surface area contributed by atoms with E-state index in [9.17, 15) is 61.0 Å². The molecule has 0 aromatic heterocycles. The second-order valence-electron chi connectivity index (χ2n) is 8.30. The second kappa shape index (κ2) is 9.87. The monoisotopic (exact) mass is 492 g/mol. The molecule has 34 heavy (non-hydrogen) atoms. The van der Waals surface area contributed by atoms with Gasteiger partial charge in [-0.2, -0.15) is 0 Å². The molecule has 1 aromatic carbocycles. The van der Waals surface area contributed by atoms with E-state index in [0.717, 1.165) is 6.92 Å². The van der Waals surface area contributed by atoms with E-state index in [0.29, 0.717) is 0 Å². The molecule has 0 radical (unpaired) electrons. The lowest BCUT2D eigenvalue weighted by Gasteiger charge is -2.42. The van der Waals surface area contributed by atoms with Gasteiger partial charge in [0.25, 0.3) is 0 Å². The predicted molar refractivity (Wildman–Crippen MR) is 107 cm³/mol. The normalized spacial score (nSPS) is 38.6. The number of ether oxygens (including phenoxy) is 2. The van der Waals surface area contributed by atoms with Crippen molar-refractivity contribution in [2.24, 2.45) is 0 Å². The van der Waals surface area contributed by atoms with Gasteiger partial charge in [0.15, 0.2) is 5.78 Å². The van der Waals surface area contributed by atoms with E-state index in [1.165, 1.54) is 0 Å². The fourth-order valence-corrected chi connectivity index (χ4v) is 4.30. The number of aliphatic hydroxyl groups excluding tert-OH is 8. The molecular weight excluding hydrogens is 464 g/mol. The summed E-state index contributed by atoms with van der Waals surface area (Å²) in [5, 5.41) is 112. The van der Waals surface area contributed by atoms with Crippen molar-refractivity contribution in [2.75, 3.05) is 13.2 Å². The summed E-state index contributed by atoms with van der Waals surface area (Å²) in [7, 11) is 0. The molecule has 2 heterocycles. The number of ketones is 1. The number of phenolic OH excluding ortho intramolecular Hbond substituents is 3. The Morgan fingerprint density at radius 3 is 1.29 bits per heavy atom. The summed E-state index contributed by atoms with van der Waals surface area (Å²) in [6, 6.07) is 0. The van der Waals surface area contributed by atoms with Crippen LogP contribution in [0.5, 0.6) is 17.2 Å². The average Bonchev–Trinajstić information content (AvgIpc) is 2.78. The van der Waals surface area contributed by atoms with Crippen molar-refractivity contribution < 1.29 is 70.4 Å². The molecule has 11 N–H and O–H groups in total. The highest BCUT2D eigenvalue weighted by Crippen LogP contribution is 2.52. The Morgan fingerprint density at radius 1 is 0.647 bits per heavy atom. The third-order valence-electron chi connectivity index (χ3n) is 6.20. The van der Waals surface area contributed by atoms with Crippen LogP contribution in [0.1, 0.15) is 40.6 Å². The lowest BCUT2D eigenvalue weighted by Crippen LogP contribution is -2.55. The molecule has 2 fully saturated rings. The van der Waals surface area contributed by atoms with Gasteiger partial charge in [-0.1, -0.05) is 0 Å². The highest BCUT2D eigenvalue weighted by atomic mass is 16.6. The second-order valence-corrected chi connectivity index (χ2v) is 8.30. The summed E-state index contributed by atoms with van der Waals surface area (Å²) in [5.41, 5.74) is -2.32. The maximum atomic E-state index is 12.2. The minimum atomic E-state index is -2.01. The zero-order valence-electron chi connectivity index (χ0n) is 17.8. The van der Waals surface area contributed by atoms with Crippen molar-refractivity contribution in [1.29, 1.82) is 0 Å². The quantitative estimate of drug-likeness (QED) is 0.175. The molecule has 3 rings (SSSR count). The SMILES string of the molecule is CC(=O)c1c(O)c(C2OC(CO)C(O)C(O)C2O)c(O)c(C2OC(CO)C(O)C(O)C2O)c1O. The lowest BCUT2D eigenvalue weighted by atomic mass is 9.84. The van der Waals surface area contributed by atoms with Crippen molar-refractivity contribution in [3.8, 4) is 17.2 Å². The van der Waals surface area contributed by atoms with Crippen LogP contribution in [0.25, 0.3) is 0 Å². The number of hydrogen-bond acceptors (Lipinski definition) is 14. The molecule has 2 saturated heterocycles. The fraction of sp³-hybridized carbons (Fsp3) is 0.650. The number of carbonyl (C=O) groups excluding carboxylic acids is 1. The molecule has 2 aliphatic heterocycles. The van der Waals surface area contributed by atoms with Gasteiger partial charge in [-0.15, -0.1) is 0 Å². The highest BCUT2D eigenvalue weighted by Gasteiger charge is 2.50. The molecule has 192 valence electrons. The molecule has 2 aliphatic rings. The van der Waals surface area contributed by atoms with Crippen LogP contribution >= 0.6 is 0 Å². The standard InChI is InChI=1S/C20H28O14/c1-4(23)7-12(26)8(19-17(31)15(29)10(24)5(2-21)33-19)14(28)9(13(7)27)20-18(32)16(30)11(25)6(3-22)34-20/h5-6,10-11,15-22,24-32H,2-3H2,1H3. The summed E-state index contributed by atoms with van der Waals surface area (Å²) in [6.45, 7) is -0.764. The zero-order chi connectivity index (χ0) is 25.6. The van der Waals surface area contributed by atoms with Gasteiger partial charge >= 0.3 is 0 Å². The maximum absolute atomic E-state index is 12.2. The van der Waals surface area contributed by atoms with Gasteiger partial charge in [0.05, 0.1) is 24.3 Å². The molecule has 10 atom stereocenters. The van der Waals surface area contributed by atoms with Gasteiger partial charge in [-0.25, -0.2) is 0 Å². The van der Waals surface area contributed by atoms with Crippen molar-refractivity contribution in [3.63, 3.8) is 0 Å². The van der Waals surface area contributed by atoms with Gasteiger partial charge in [0.2, 0.25) is 0 Å². The summed E-state index contributed by atoms with van der Waals surface area (Å²) in [6.07, 6.45) is -18.1. The molecule has 0 saturated carbocycles. The molecule has 0 aliphatic carbocycles. The minimum absolute atomic E-state index is 0.758. The van der Waals surface area contributed by atoms with Crippen LogP contribution in [0.15, 0.2) is 0 Å². The summed E-state index contributed by atoms with van der Waals surface area (Å²) in [5.74, 6) is -4.18. The number of aliphatic hydroxyl groups is 8.